The molecule has 0 bridgehead atoms. The minimum atomic E-state index is -1.17. The maximum absolute atomic E-state index is 13.9. The molecule has 1 N–H and O–H groups in total. The monoisotopic (exact) mass is 420 g/mol. The molecule has 0 saturated heterocycles. The second-order valence-electron chi connectivity index (χ2n) is 8.23. The lowest BCUT2D eigenvalue weighted by molar-refractivity contribution is -0.126. The van der Waals surface area contributed by atoms with E-state index in [2.05, 4.69) is 24.3 Å². The highest BCUT2D eigenvalue weighted by Gasteiger charge is 2.58. The third kappa shape index (κ3) is 2.53. The lowest BCUT2D eigenvalue weighted by Crippen LogP contribution is -2.47. The van der Waals surface area contributed by atoms with Gasteiger partial charge in [-0.1, -0.05) is 49.7 Å². The first-order valence-electron chi connectivity index (χ1n) is 9.98. The molecule has 2 amide bonds. The predicted octanol–water partition coefficient (Wildman–Crippen LogP) is 4.16. The summed E-state index contributed by atoms with van der Waals surface area (Å²) in [4.78, 5) is 28.6. The number of hydrogen-bond acceptors (Lipinski definition) is 3. The molecular formula is C23H21ClN4O2. The number of hydrogen-bond donors (Lipinski definition) is 1. The van der Waals surface area contributed by atoms with Crippen LogP contribution in [-0.4, -0.2) is 28.1 Å². The molecule has 1 spiro atoms. The molecule has 152 valence electrons. The highest BCUT2D eigenvalue weighted by Crippen LogP contribution is 2.54. The smallest absolute Gasteiger partial charge is 0.242 e. The van der Waals surface area contributed by atoms with Crippen molar-refractivity contribution in [2.24, 2.45) is 5.92 Å². The molecule has 5 rings (SSSR count). The summed E-state index contributed by atoms with van der Waals surface area (Å²) < 4.78 is 1.67. The average Bonchev–Trinajstić information content (AvgIpc) is 3.23. The highest BCUT2D eigenvalue weighted by atomic mass is 35.5. The van der Waals surface area contributed by atoms with Crippen LogP contribution >= 0.6 is 11.6 Å². The summed E-state index contributed by atoms with van der Waals surface area (Å²) in [5.41, 5.74) is 1.78. The zero-order valence-corrected chi connectivity index (χ0v) is 17.5. The van der Waals surface area contributed by atoms with Crippen LogP contribution in [0.25, 0.3) is 5.69 Å². The van der Waals surface area contributed by atoms with Gasteiger partial charge in [-0.15, -0.1) is 0 Å². The normalized spacial score (nSPS) is 19.9. The Balaban J connectivity index is 1.78. The van der Waals surface area contributed by atoms with E-state index in [0.29, 0.717) is 28.5 Å². The number of para-hydroxylation sites is 1. The van der Waals surface area contributed by atoms with Crippen LogP contribution in [0.4, 0.5) is 11.5 Å². The van der Waals surface area contributed by atoms with E-state index >= 15 is 0 Å². The molecule has 3 aromatic rings. The van der Waals surface area contributed by atoms with E-state index in [0.717, 1.165) is 11.4 Å². The van der Waals surface area contributed by atoms with Crippen molar-refractivity contribution in [1.29, 1.82) is 0 Å². The van der Waals surface area contributed by atoms with Gasteiger partial charge in [0.1, 0.15) is 11.2 Å². The van der Waals surface area contributed by atoms with Crippen molar-refractivity contribution >= 4 is 34.9 Å². The first-order valence-corrected chi connectivity index (χ1v) is 10.4. The third-order valence-electron chi connectivity index (χ3n) is 5.78. The van der Waals surface area contributed by atoms with Gasteiger partial charge in [0.15, 0.2) is 0 Å². The van der Waals surface area contributed by atoms with Crippen molar-refractivity contribution in [3.63, 3.8) is 0 Å². The number of benzene rings is 2. The first kappa shape index (κ1) is 18.9. The third-order valence-corrected chi connectivity index (χ3v) is 6.10. The van der Waals surface area contributed by atoms with Gasteiger partial charge in [0.05, 0.1) is 11.9 Å². The van der Waals surface area contributed by atoms with Gasteiger partial charge < -0.3 is 10.2 Å². The van der Waals surface area contributed by atoms with Gasteiger partial charge in [-0.3, -0.25) is 9.59 Å². The zero-order valence-electron chi connectivity index (χ0n) is 16.7. The molecule has 2 aliphatic rings. The van der Waals surface area contributed by atoms with Crippen LogP contribution in [0.5, 0.6) is 0 Å². The lowest BCUT2D eigenvalue weighted by Gasteiger charge is -2.33. The van der Waals surface area contributed by atoms with Crippen LogP contribution in [0.1, 0.15) is 31.4 Å². The van der Waals surface area contributed by atoms with Gasteiger partial charge in [0, 0.05) is 34.8 Å². The quantitative estimate of drug-likeness (QED) is 0.691. The number of halogens is 1. The summed E-state index contributed by atoms with van der Waals surface area (Å²) in [5, 5.41) is 7.95. The number of rotatable bonds is 3. The molecule has 0 radical (unpaired) electrons. The number of carbonyl (C=O) groups is 2. The number of anilines is 2. The minimum absolute atomic E-state index is 0.00461. The van der Waals surface area contributed by atoms with Crippen LogP contribution in [0.2, 0.25) is 5.02 Å². The summed E-state index contributed by atoms with van der Waals surface area (Å²) in [6.45, 7) is 4.68. The van der Waals surface area contributed by atoms with Crippen molar-refractivity contribution < 1.29 is 9.59 Å². The fourth-order valence-corrected chi connectivity index (χ4v) is 4.96. The summed E-state index contributed by atoms with van der Waals surface area (Å²) >= 11 is 6.66. The van der Waals surface area contributed by atoms with E-state index in [4.69, 9.17) is 11.6 Å². The minimum Gasteiger partial charge on any atom is -0.311 e. The number of carbonyl (C=O) groups excluding carboxylic acids is 2. The van der Waals surface area contributed by atoms with Crippen LogP contribution < -0.4 is 10.2 Å². The van der Waals surface area contributed by atoms with Gasteiger partial charge in [0.2, 0.25) is 11.8 Å². The Kier molecular flexibility index (Phi) is 4.22. The average molecular weight is 421 g/mol. The molecule has 6 nitrogen and oxygen atoms in total. The van der Waals surface area contributed by atoms with Gasteiger partial charge in [-0.05, 0) is 30.2 Å². The van der Waals surface area contributed by atoms with E-state index < -0.39 is 5.41 Å². The summed E-state index contributed by atoms with van der Waals surface area (Å²) in [7, 11) is 0. The van der Waals surface area contributed by atoms with E-state index in [-0.39, 0.29) is 24.2 Å². The van der Waals surface area contributed by atoms with Gasteiger partial charge >= 0.3 is 0 Å². The van der Waals surface area contributed by atoms with Crippen molar-refractivity contribution in [3.8, 4) is 5.69 Å². The Labute approximate surface area is 179 Å². The fraction of sp³-hybridized carbons (Fsp3) is 0.261. The zero-order chi connectivity index (χ0) is 21.0. The lowest BCUT2D eigenvalue weighted by atomic mass is 9.71. The Morgan fingerprint density at radius 3 is 2.63 bits per heavy atom. The molecule has 0 fully saturated rings. The molecule has 2 aliphatic heterocycles. The summed E-state index contributed by atoms with van der Waals surface area (Å²) in [6.07, 6.45) is 1.69. The molecule has 1 atom stereocenters. The summed E-state index contributed by atoms with van der Waals surface area (Å²) in [6, 6.07) is 15.1. The van der Waals surface area contributed by atoms with E-state index in [9.17, 15) is 9.59 Å². The maximum atomic E-state index is 13.9. The number of nitrogens with zero attached hydrogens (tertiary/aromatic N) is 3. The molecule has 1 aromatic heterocycles. The second kappa shape index (κ2) is 6.71. The Hall–Kier alpha value is -3.12. The topological polar surface area (TPSA) is 67.2 Å². The Morgan fingerprint density at radius 1 is 1.13 bits per heavy atom. The Bertz CT molecular complexity index is 1170. The highest BCUT2D eigenvalue weighted by molar-refractivity contribution is 6.34. The molecule has 1 unspecified atom stereocenters. The number of aromatic nitrogens is 2. The van der Waals surface area contributed by atoms with E-state index in [1.54, 1.807) is 21.8 Å². The van der Waals surface area contributed by atoms with Crippen molar-refractivity contribution in [1.82, 2.24) is 9.78 Å². The SMILES string of the molecule is CC(C)CN1C(=O)C2(CC(=O)Nc3c2cnn3-c2ccccc2)c2c(Cl)cccc21. The van der Waals surface area contributed by atoms with Gasteiger partial charge in [0.25, 0.3) is 0 Å². The van der Waals surface area contributed by atoms with E-state index in [1.807, 2.05) is 42.5 Å². The van der Waals surface area contributed by atoms with Crippen molar-refractivity contribution in [3.05, 3.63) is 70.9 Å². The molecule has 0 saturated carbocycles. The maximum Gasteiger partial charge on any atom is 0.242 e. The molecule has 0 aliphatic carbocycles. The van der Waals surface area contributed by atoms with Crippen molar-refractivity contribution in [2.75, 3.05) is 16.8 Å². The molecule has 2 aromatic carbocycles. The van der Waals surface area contributed by atoms with Crippen LogP contribution in [0.3, 0.4) is 0 Å². The molecule has 30 heavy (non-hydrogen) atoms. The van der Waals surface area contributed by atoms with Crippen LogP contribution in [0, 0.1) is 5.92 Å². The molecule has 7 heteroatoms. The first-order chi connectivity index (χ1) is 14.4. The summed E-state index contributed by atoms with van der Waals surface area (Å²) in [5.74, 6) is 0.428. The number of nitrogens with one attached hydrogen (secondary N) is 1. The number of fused-ring (bicyclic) bond motifs is 4. The number of amides is 2. The Morgan fingerprint density at radius 2 is 1.90 bits per heavy atom. The van der Waals surface area contributed by atoms with Crippen molar-refractivity contribution in [2.45, 2.75) is 25.7 Å². The fourth-order valence-electron chi connectivity index (χ4n) is 4.63. The molecule has 3 heterocycles. The van der Waals surface area contributed by atoms with Crippen LogP contribution in [0.15, 0.2) is 54.7 Å². The van der Waals surface area contributed by atoms with Gasteiger partial charge in [-0.2, -0.15) is 5.10 Å². The van der Waals surface area contributed by atoms with Gasteiger partial charge in [-0.25, -0.2) is 4.68 Å². The molecular weight excluding hydrogens is 400 g/mol. The second-order valence-corrected chi connectivity index (χ2v) is 8.64. The largest absolute Gasteiger partial charge is 0.311 e. The van der Waals surface area contributed by atoms with Crippen LogP contribution in [-0.2, 0) is 15.0 Å². The van der Waals surface area contributed by atoms with E-state index in [1.165, 1.54) is 0 Å². The predicted molar refractivity (Wildman–Crippen MR) is 116 cm³/mol. The standard InChI is InChI=1S/C23H21ClN4O2/c1-14(2)13-27-18-10-6-9-17(24)20(18)23(22(27)30)11-19(29)26-21-16(23)12-25-28(21)15-7-4-3-5-8-15/h3-10,12,14H,11,13H2,1-2H3,(H,26,29).